The summed E-state index contributed by atoms with van der Waals surface area (Å²) in [5.41, 5.74) is 8.92. The van der Waals surface area contributed by atoms with Gasteiger partial charge in [0.1, 0.15) is 18.2 Å². The number of hydrogen-bond donors (Lipinski definition) is 1. The maximum absolute atomic E-state index is 12.8. The van der Waals surface area contributed by atoms with Crippen molar-refractivity contribution in [3.63, 3.8) is 0 Å². The zero-order valence-electron chi connectivity index (χ0n) is 15.1. The Bertz CT molecular complexity index is 854. The molecule has 0 unspecified atom stereocenters. The lowest BCUT2D eigenvalue weighted by molar-refractivity contribution is -0.133. The smallest absolute Gasteiger partial charge is 0.244 e. The first-order valence-corrected chi connectivity index (χ1v) is 9.42. The molecule has 2 aliphatic heterocycles. The van der Waals surface area contributed by atoms with Crippen LogP contribution in [0.1, 0.15) is 35.9 Å². The number of anilines is 1. The molecule has 2 aliphatic rings. The van der Waals surface area contributed by atoms with Gasteiger partial charge in [0, 0.05) is 36.8 Å². The average molecular weight is 388 g/mol. The third-order valence-electron chi connectivity index (χ3n) is 5.19. The Morgan fingerprint density at radius 3 is 2.81 bits per heavy atom. The first-order valence-electron chi connectivity index (χ1n) is 9.04. The molecule has 8 heteroatoms. The van der Waals surface area contributed by atoms with E-state index in [1.165, 1.54) is 0 Å². The Morgan fingerprint density at radius 2 is 2.07 bits per heavy atom. The van der Waals surface area contributed by atoms with Gasteiger partial charge in [-0.2, -0.15) is 0 Å². The van der Waals surface area contributed by atoms with E-state index in [9.17, 15) is 4.79 Å². The molecular weight excluding hydrogens is 366 g/mol. The molecule has 0 aliphatic carbocycles. The highest BCUT2D eigenvalue weighted by Gasteiger charge is 2.31. The fourth-order valence-corrected chi connectivity index (χ4v) is 3.87. The number of ether oxygens (including phenoxy) is 1. The minimum atomic E-state index is -0.702. The predicted octanol–water partition coefficient (Wildman–Crippen LogP) is 2.07. The van der Waals surface area contributed by atoms with Crippen molar-refractivity contribution < 1.29 is 9.53 Å². The highest BCUT2D eigenvalue weighted by atomic mass is 35.5. The number of nitrogens with zero attached hydrogens (tertiary/aromatic N) is 4. The molecule has 1 fully saturated rings. The zero-order valence-corrected chi connectivity index (χ0v) is 15.9. The molecule has 2 aromatic rings. The van der Waals surface area contributed by atoms with Crippen LogP contribution in [0.15, 0.2) is 30.6 Å². The van der Waals surface area contributed by atoms with Gasteiger partial charge in [0.2, 0.25) is 5.91 Å². The van der Waals surface area contributed by atoms with E-state index in [1.807, 2.05) is 24.0 Å². The predicted molar refractivity (Wildman–Crippen MR) is 102 cm³/mol. The minimum Gasteiger partial charge on any atom is -0.367 e. The van der Waals surface area contributed by atoms with Crippen molar-refractivity contribution in [3.8, 4) is 0 Å². The standard InChI is InChI=1S/C19H22ClN5O2/c1-12-16-15(10-27-12)22-11-23-18(16)24-5-7-25(8-6-24)19(26)17(21)13-3-2-4-14(20)9-13/h2-4,9,11-12,17H,5-8,10,21H2,1H3/t12-,17+/m0/s1. The van der Waals surface area contributed by atoms with Gasteiger partial charge in [0.15, 0.2) is 0 Å². The third kappa shape index (κ3) is 3.50. The van der Waals surface area contributed by atoms with E-state index in [4.69, 9.17) is 22.1 Å². The van der Waals surface area contributed by atoms with Crippen LogP contribution < -0.4 is 10.6 Å². The van der Waals surface area contributed by atoms with Crippen LogP contribution in [0, 0.1) is 0 Å². The molecule has 2 atom stereocenters. The zero-order chi connectivity index (χ0) is 19.0. The van der Waals surface area contributed by atoms with Crippen LogP contribution in [-0.2, 0) is 16.1 Å². The van der Waals surface area contributed by atoms with Gasteiger partial charge in [-0.05, 0) is 24.6 Å². The van der Waals surface area contributed by atoms with Gasteiger partial charge in [-0.1, -0.05) is 23.7 Å². The van der Waals surface area contributed by atoms with Gasteiger partial charge >= 0.3 is 0 Å². The van der Waals surface area contributed by atoms with Crippen molar-refractivity contribution in [1.82, 2.24) is 14.9 Å². The highest BCUT2D eigenvalue weighted by molar-refractivity contribution is 6.30. The Hall–Kier alpha value is -2.22. The lowest BCUT2D eigenvalue weighted by Crippen LogP contribution is -2.51. The van der Waals surface area contributed by atoms with E-state index in [-0.39, 0.29) is 12.0 Å². The number of benzene rings is 1. The van der Waals surface area contributed by atoms with Crippen molar-refractivity contribution in [2.24, 2.45) is 5.73 Å². The fraction of sp³-hybridized carbons (Fsp3) is 0.421. The molecule has 0 spiro atoms. The summed E-state index contributed by atoms with van der Waals surface area (Å²) in [6, 6.07) is 6.45. The van der Waals surface area contributed by atoms with Crippen molar-refractivity contribution in [2.45, 2.75) is 25.7 Å². The normalized spacial score (nSPS) is 20.5. The van der Waals surface area contributed by atoms with Crippen LogP contribution in [0.3, 0.4) is 0 Å². The molecule has 0 radical (unpaired) electrons. The Labute approximate surface area is 163 Å². The summed E-state index contributed by atoms with van der Waals surface area (Å²) in [6.45, 7) is 5.14. The van der Waals surface area contributed by atoms with Crippen LogP contribution in [0.2, 0.25) is 5.02 Å². The molecule has 1 aromatic heterocycles. The topological polar surface area (TPSA) is 84.6 Å². The molecule has 7 nitrogen and oxygen atoms in total. The molecule has 3 heterocycles. The second kappa shape index (κ2) is 7.42. The van der Waals surface area contributed by atoms with Gasteiger partial charge in [0.25, 0.3) is 0 Å². The van der Waals surface area contributed by atoms with E-state index in [0.29, 0.717) is 37.8 Å². The Morgan fingerprint density at radius 1 is 1.30 bits per heavy atom. The number of nitrogens with two attached hydrogens (primary N) is 1. The van der Waals surface area contributed by atoms with Crippen molar-refractivity contribution >= 4 is 23.3 Å². The summed E-state index contributed by atoms with van der Waals surface area (Å²) in [5.74, 6) is 0.831. The van der Waals surface area contributed by atoms with Crippen LogP contribution in [0.4, 0.5) is 5.82 Å². The summed E-state index contributed by atoms with van der Waals surface area (Å²) < 4.78 is 5.68. The number of rotatable bonds is 3. The average Bonchev–Trinajstić information content (AvgIpc) is 3.08. The Kier molecular flexibility index (Phi) is 4.99. The van der Waals surface area contributed by atoms with Crippen molar-refractivity contribution in [1.29, 1.82) is 0 Å². The molecule has 1 saturated heterocycles. The number of halogens is 1. The lowest BCUT2D eigenvalue weighted by Gasteiger charge is -2.37. The quantitative estimate of drug-likeness (QED) is 0.867. The molecule has 4 rings (SSSR count). The first-order chi connectivity index (χ1) is 13.0. The second-order valence-electron chi connectivity index (χ2n) is 6.86. The number of amides is 1. The van der Waals surface area contributed by atoms with E-state index >= 15 is 0 Å². The van der Waals surface area contributed by atoms with Gasteiger partial charge in [-0.15, -0.1) is 0 Å². The molecule has 1 amide bonds. The summed E-state index contributed by atoms with van der Waals surface area (Å²) in [4.78, 5) is 25.6. The van der Waals surface area contributed by atoms with Gasteiger partial charge in [-0.3, -0.25) is 4.79 Å². The summed E-state index contributed by atoms with van der Waals surface area (Å²) >= 11 is 6.02. The van der Waals surface area contributed by atoms with Crippen LogP contribution in [-0.4, -0.2) is 47.0 Å². The molecule has 0 bridgehead atoms. The van der Waals surface area contributed by atoms with Crippen molar-refractivity contribution in [3.05, 3.63) is 52.4 Å². The number of carbonyl (C=O) groups is 1. The number of piperazine rings is 1. The summed E-state index contributed by atoms with van der Waals surface area (Å²) in [6.07, 6.45) is 1.58. The lowest BCUT2D eigenvalue weighted by atomic mass is 10.1. The van der Waals surface area contributed by atoms with Crippen LogP contribution >= 0.6 is 11.6 Å². The van der Waals surface area contributed by atoms with Crippen LogP contribution in [0.5, 0.6) is 0 Å². The largest absolute Gasteiger partial charge is 0.367 e. The summed E-state index contributed by atoms with van der Waals surface area (Å²) in [5, 5.41) is 0.578. The number of hydrogen-bond acceptors (Lipinski definition) is 6. The fourth-order valence-electron chi connectivity index (χ4n) is 3.67. The molecule has 1 aromatic carbocycles. The molecule has 0 saturated carbocycles. The SMILES string of the molecule is C[C@@H]1OCc2ncnc(N3CCN(C(=O)[C@H](N)c4cccc(Cl)c4)CC3)c21. The van der Waals surface area contributed by atoms with E-state index < -0.39 is 6.04 Å². The monoisotopic (exact) mass is 387 g/mol. The molecule has 2 N–H and O–H groups in total. The van der Waals surface area contributed by atoms with E-state index in [1.54, 1.807) is 18.5 Å². The summed E-state index contributed by atoms with van der Waals surface area (Å²) in [7, 11) is 0. The van der Waals surface area contributed by atoms with Gasteiger partial charge in [0.05, 0.1) is 18.4 Å². The first kappa shape index (κ1) is 18.2. The van der Waals surface area contributed by atoms with E-state index in [2.05, 4.69) is 14.9 Å². The van der Waals surface area contributed by atoms with E-state index in [0.717, 1.165) is 22.6 Å². The maximum Gasteiger partial charge on any atom is 0.244 e. The third-order valence-corrected chi connectivity index (χ3v) is 5.42. The second-order valence-corrected chi connectivity index (χ2v) is 7.29. The minimum absolute atomic E-state index is 0.00730. The molecular formula is C19H22ClN5O2. The molecule has 142 valence electrons. The Balaban J connectivity index is 1.44. The van der Waals surface area contributed by atoms with Gasteiger partial charge < -0.3 is 20.3 Å². The molecule has 27 heavy (non-hydrogen) atoms. The highest BCUT2D eigenvalue weighted by Crippen LogP contribution is 2.35. The van der Waals surface area contributed by atoms with Crippen LogP contribution in [0.25, 0.3) is 0 Å². The van der Waals surface area contributed by atoms with Crippen molar-refractivity contribution in [2.75, 3.05) is 31.1 Å². The maximum atomic E-state index is 12.8. The number of carbonyl (C=O) groups excluding carboxylic acids is 1. The number of fused-ring (bicyclic) bond motifs is 1. The van der Waals surface area contributed by atoms with Gasteiger partial charge in [-0.25, -0.2) is 9.97 Å². The number of aromatic nitrogens is 2.